The van der Waals surface area contributed by atoms with Crippen LogP contribution in [-0.2, 0) is 10.0 Å². The third kappa shape index (κ3) is 3.55. The van der Waals surface area contributed by atoms with Gasteiger partial charge in [-0.1, -0.05) is 19.1 Å². The van der Waals surface area contributed by atoms with Crippen LogP contribution in [0.3, 0.4) is 0 Å². The first-order valence-electron chi connectivity index (χ1n) is 6.97. The molecule has 0 amide bonds. The number of sulfonamides is 1. The van der Waals surface area contributed by atoms with Crippen LogP contribution in [0.1, 0.15) is 25.5 Å². The molecule has 20 heavy (non-hydrogen) atoms. The van der Waals surface area contributed by atoms with Gasteiger partial charge in [0.05, 0.1) is 4.90 Å². The lowest BCUT2D eigenvalue weighted by Crippen LogP contribution is -2.37. The molecule has 1 aliphatic heterocycles. The van der Waals surface area contributed by atoms with Gasteiger partial charge in [-0.3, -0.25) is 0 Å². The highest BCUT2D eigenvalue weighted by Crippen LogP contribution is 2.23. The average Bonchev–Trinajstić information content (AvgIpc) is 2.48. The molecule has 1 N–H and O–H groups in total. The predicted octanol–water partition coefficient (Wildman–Crippen LogP) is 2.09. The topological polar surface area (TPSA) is 49.4 Å². The molecule has 1 aliphatic rings. The number of nitrogens with zero attached hydrogens (tertiary/aromatic N) is 1. The Bertz CT molecular complexity index is 540. The second kappa shape index (κ2) is 6.93. The molecular weight excluding hydrogens is 292 g/mol. The third-order valence-electron chi connectivity index (χ3n) is 3.48. The third-order valence-corrected chi connectivity index (χ3v) is 6.31. The normalized spacial score (nSPS) is 18.9. The van der Waals surface area contributed by atoms with E-state index in [2.05, 4.69) is 5.32 Å². The van der Waals surface area contributed by atoms with Gasteiger partial charge < -0.3 is 5.32 Å². The van der Waals surface area contributed by atoms with Crippen molar-refractivity contribution in [3.63, 3.8) is 0 Å². The Labute approximate surface area is 126 Å². The fourth-order valence-corrected chi connectivity index (χ4v) is 4.94. The van der Waals surface area contributed by atoms with Crippen molar-refractivity contribution in [2.24, 2.45) is 0 Å². The average molecular weight is 314 g/mol. The minimum absolute atomic E-state index is 0.159. The molecule has 1 unspecified atom stereocenters. The molecule has 2 rings (SSSR count). The van der Waals surface area contributed by atoms with E-state index in [9.17, 15) is 8.42 Å². The molecule has 0 saturated carbocycles. The van der Waals surface area contributed by atoms with Crippen molar-refractivity contribution in [3.8, 4) is 0 Å². The Kier molecular flexibility index (Phi) is 5.49. The smallest absolute Gasteiger partial charge is 0.243 e. The number of thioether (sulfide) groups is 1. The second-order valence-electron chi connectivity index (χ2n) is 4.87. The van der Waals surface area contributed by atoms with Gasteiger partial charge in [0.2, 0.25) is 10.0 Å². The summed E-state index contributed by atoms with van der Waals surface area (Å²) >= 11 is 1.81. The molecule has 0 spiro atoms. The number of benzene rings is 1. The van der Waals surface area contributed by atoms with Crippen LogP contribution in [-0.4, -0.2) is 43.9 Å². The molecule has 0 aromatic heterocycles. The van der Waals surface area contributed by atoms with E-state index in [1.54, 1.807) is 16.4 Å². The van der Waals surface area contributed by atoms with Crippen LogP contribution in [0.2, 0.25) is 0 Å². The summed E-state index contributed by atoms with van der Waals surface area (Å²) in [5, 5.41) is 3.31. The van der Waals surface area contributed by atoms with Gasteiger partial charge in [-0.2, -0.15) is 16.1 Å². The van der Waals surface area contributed by atoms with E-state index in [0.717, 1.165) is 23.6 Å². The number of hydrogen-bond donors (Lipinski definition) is 1. The quantitative estimate of drug-likeness (QED) is 0.904. The summed E-state index contributed by atoms with van der Waals surface area (Å²) in [5.41, 5.74) is 1.01. The zero-order valence-electron chi connectivity index (χ0n) is 12.0. The van der Waals surface area contributed by atoms with E-state index >= 15 is 0 Å². The summed E-state index contributed by atoms with van der Waals surface area (Å²) in [6, 6.07) is 7.45. The standard InChI is InChI=1S/C14H22N2O2S2/c1-3-15-12(2)13-5-4-6-14(11-13)20(17,18)16-7-9-19-10-8-16/h4-6,11-12,15H,3,7-10H2,1-2H3. The van der Waals surface area contributed by atoms with Crippen LogP contribution in [0.5, 0.6) is 0 Å². The molecule has 0 bridgehead atoms. The van der Waals surface area contributed by atoms with Crippen molar-refractivity contribution in [2.45, 2.75) is 24.8 Å². The van der Waals surface area contributed by atoms with Crippen LogP contribution >= 0.6 is 11.8 Å². The van der Waals surface area contributed by atoms with Gasteiger partial charge in [0.15, 0.2) is 0 Å². The van der Waals surface area contributed by atoms with E-state index in [1.165, 1.54) is 0 Å². The Morgan fingerprint density at radius 1 is 1.35 bits per heavy atom. The van der Waals surface area contributed by atoms with Gasteiger partial charge in [-0.25, -0.2) is 8.42 Å². The highest BCUT2D eigenvalue weighted by Gasteiger charge is 2.26. The van der Waals surface area contributed by atoms with Crippen LogP contribution in [0.25, 0.3) is 0 Å². The molecule has 0 aliphatic carbocycles. The van der Waals surface area contributed by atoms with E-state index in [4.69, 9.17) is 0 Å². The first-order chi connectivity index (χ1) is 9.55. The minimum atomic E-state index is -3.34. The largest absolute Gasteiger partial charge is 0.310 e. The lowest BCUT2D eigenvalue weighted by molar-refractivity contribution is 0.443. The van der Waals surface area contributed by atoms with E-state index in [0.29, 0.717) is 18.0 Å². The molecule has 1 heterocycles. The van der Waals surface area contributed by atoms with Crippen LogP contribution in [0.15, 0.2) is 29.2 Å². The second-order valence-corrected chi connectivity index (χ2v) is 8.03. The van der Waals surface area contributed by atoms with Gasteiger partial charge in [-0.05, 0) is 31.2 Å². The first-order valence-corrected chi connectivity index (χ1v) is 9.56. The van der Waals surface area contributed by atoms with Gasteiger partial charge in [0, 0.05) is 30.6 Å². The fourth-order valence-electron chi connectivity index (χ4n) is 2.30. The van der Waals surface area contributed by atoms with Crippen molar-refractivity contribution < 1.29 is 8.42 Å². The monoisotopic (exact) mass is 314 g/mol. The van der Waals surface area contributed by atoms with Crippen molar-refractivity contribution in [1.82, 2.24) is 9.62 Å². The van der Waals surface area contributed by atoms with Crippen LogP contribution in [0.4, 0.5) is 0 Å². The highest BCUT2D eigenvalue weighted by molar-refractivity contribution is 7.99. The Balaban J connectivity index is 2.25. The lowest BCUT2D eigenvalue weighted by Gasteiger charge is -2.26. The summed E-state index contributed by atoms with van der Waals surface area (Å²) in [5.74, 6) is 1.76. The molecular formula is C14H22N2O2S2. The maximum Gasteiger partial charge on any atom is 0.243 e. The highest BCUT2D eigenvalue weighted by atomic mass is 32.2. The summed E-state index contributed by atoms with van der Waals surface area (Å²) in [6.07, 6.45) is 0. The molecule has 1 saturated heterocycles. The minimum Gasteiger partial charge on any atom is -0.310 e. The zero-order chi connectivity index (χ0) is 14.6. The number of hydrogen-bond acceptors (Lipinski definition) is 4. The molecule has 1 aromatic rings. The predicted molar refractivity (Wildman–Crippen MR) is 84.6 cm³/mol. The molecule has 4 nitrogen and oxygen atoms in total. The van der Waals surface area contributed by atoms with Crippen LogP contribution < -0.4 is 5.32 Å². The lowest BCUT2D eigenvalue weighted by atomic mass is 10.1. The SMILES string of the molecule is CCNC(C)c1cccc(S(=O)(=O)N2CCSCC2)c1. The zero-order valence-corrected chi connectivity index (χ0v) is 13.6. The van der Waals surface area contributed by atoms with Crippen molar-refractivity contribution in [3.05, 3.63) is 29.8 Å². The van der Waals surface area contributed by atoms with Gasteiger partial charge in [-0.15, -0.1) is 0 Å². The molecule has 112 valence electrons. The number of nitrogens with one attached hydrogen (secondary N) is 1. The summed E-state index contributed by atoms with van der Waals surface area (Å²) in [7, 11) is -3.34. The first kappa shape index (κ1) is 15.8. The summed E-state index contributed by atoms with van der Waals surface area (Å²) in [6.45, 7) is 6.18. The summed E-state index contributed by atoms with van der Waals surface area (Å²) < 4.78 is 26.8. The maximum absolute atomic E-state index is 12.6. The van der Waals surface area contributed by atoms with Gasteiger partial charge in [0.25, 0.3) is 0 Å². The maximum atomic E-state index is 12.6. The van der Waals surface area contributed by atoms with Crippen molar-refractivity contribution in [2.75, 3.05) is 31.1 Å². The molecule has 6 heteroatoms. The van der Waals surface area contributed by atoms with Crippen molar-refractivity contribution in [1.29, 1.82) is 0 Å². The molecule has 1 fully saturated rings. The number of rotatable bonds is 5. The van der Waals surface area contributed by atoms with Gasteiger partial charge in [0.1, 0.15) is 0 Å². The van der Waals surface area contributed by atoms with Crippen LogP contribution in [0, 0.1) is 0 Å². The van der Waals surface area contributed by atoms with E-state index in [-0.39, 0.29) is 6.04 Å². The molecule has 0 radical (unpaired) electrons. The Morgan fingerprint density at radius 3 is 2.70 bits per heavy atom. The van der Waals surface area contributed by atoms with Crippen molar-refractivity contribution >= 4 is 21.8 Å². The Hall–Kier alpha value is -0.560. The Morgan fingerprint density at radius 2 is 2.05 bits per heavy atom. The molecule has 1 atom stereocenters. The van der Waals surface area contributed by atoms with E-state index in [1.807, 2.05) is 37.7 Å². The fraction of sp³-hybridized carbons (Fsp3) is 0.571. The van der Waals surface area contributed by atoms with E-state index < -0.39 is 10.0 Å². The summed E-state index contributed by atoms with van der Waals surface area (Å²) in [4.78, 5) is 0.409. The van der Waals surface area contributed by atoms with Gasteiger partial charge >= 0.3 is 0 Å². The molecule has 1 aromatic carbocycles.